The first-order valence-corrected chi connectivity index (χ1v) is 8.87. The summed E-state index contributed by atoms with van der Waals surface area (Å²) in [6.45, 7) is 8.63. The Morgan fingerprint density at radius 1 is 1.30 bits per heavy atom. The second kappa shape index (κ2) is 6.62. The van der Waals surface area contributed by atoms with Gasteiger partial charge in [0, 0.05) is 0 Å². The highest BCUT2D eigenvalue weighted by Gasteiger charge is 2.46. The maximum absolute atomic E-state index is 14.5. The van der Waals surface area contributed by atoms with E-state index in [0.29, 0.717) is 24.7 Å². The minimum atomic E-state index is -0.886. The first-order valence-electron chi connectivity index (χ1n) is 8.87. The molecule has 0 heterocycles. The lowest BCUT2D eigenvalue weighted by Crippen LogP contribution is -2.22. The highest BCUT2D eigenvalue weighted by atomic mass is 19.1. The van der Waals surface area contributed by atoms with Gasteiger partial charge in [-0.2, -0.15) is 0 Å². The van der Waals surface area contributed by atoms with Crippen LogP contribution in [-0.4, -0.2) is 5.67 Å². The monoisotopic (exact) mass is 280 g/mol. The molecule has 1 saturated carbocycles. The van der Waals surface area contributed by atoms with Gasteiger partial charge in [-0.3, -0.25) is 0 Å². The topological polar surface area (TPSA) is 0 Å². The van der Waals surface area contributed by atoms with E-state index in [1.807, 2.05) is 13.8 Å². The first kappa shape index (κ1) is 16.0. The summed E-state index contributed by atoms with van der Waals surface area (Å²) in [5, 5.41) is 0. The second-order valence-electron chi connectivity index (χ2n) is 7.54. The molecule has 0 spiro atoms. The molecule has 116 valence electrons. The van der Waals surface area contributed by atoms with Crippen molar-refractivity contribution in [1.29, 1.82) is 0 Å². The van der Waals surface area contributed by atoms with Crippen molar-refractivity contribution in [3.63, 3.8) is 0 Å². The summed E-state index contributed by atoms with van der Waals surface area (Å²) < 4.78 is 14.5. The van der Waals surface area contributed by atoms with Crippen LogP contribution in [0.15, 0.2) is 11.6 Å². The highest BCUT2D eigenvalue weighted by Crippen LogP contribution is 2.53. The average Bonchev–Trinajstić information content (AvgIpc) is 3.20. The molecule has 1 heteroatoms. The minimum absolute atomic E-state index is 0.680. The summed E-state index contributed by atoms with van der Waals surface area (Å²) in [7, 11) is 0. The van der Waals surface area contributed by atoms with Gasteiger partial charge in [0.25, 0.3) is 0 Å². The number of hydrogen-bond donors (Lipinski definition) is 0. The Morgan fingerprint density at radius 2 is 2.00 bits per heavy atom. The Bertz CT molecular complexity index is 338. The summed E-state index contributed by atoms with van der Waals surface area (Å²) in [6.07, 6.45) is 11.3. The van der Waals surface area contributed by atoms with Crippen LogP contribution >= 0.6 is 0 Å². The van der Waals surface area contributed by atoms with E-state index in [0.717, 1.165) is 18.3 Å². The van der Waals surface area contributed by atoms with Crippen LogP contribution in [0.2, 0.25) is 0 Å². The molecule has 20 heavy (non-hydrogen) atoms. The van der Waals surface area contributed by atoms with Crippen molar-refractivity contribution < 1.29 is 4.39 Å². The van der Waals surface area contributed by atoms with Gasteiger partial charge in [-0.25, -0.2) is 4.39 Å². The molecule has 3 unspecified atom stereocenters. The molecular weight excluding hydrogens is 247 g/mol. The van der Waals surface area contributed by atoms with Crippen LogP contribution < -0.4 is 0 Å². The highest BCUT2D eigenvalue weighted by molar-refractivity contribution is 5.09. The Balaban J connectivity index is 1.86. The lowest BCUT2D eigenvalue weighted by molar-refractivity contribution is 0.125. The van der Waals surface area contributed by atoms with E-state index in [9.17, 15) is 4.39 Å². The lowest BCUT2D eigenvalue weighted by atomic mass is 9.88. The van der Waals surface area contributed by atoms with Crippen LogP contribution in [0.3, 0.4) is 0 Å². The Labute approximate surface area is 125 Å². The van der Waals surface area contributed by atoms with Gasteiger partial charge in [0.1, 0.15) is 5.67 Å². The molecule has 0 saturated heterocycles. The SMILES string of the molecule is CCC(F)(CC)CC1CC1C1CC=C(C(C)C)CCC1. The maximum Gasteiger partial charge on any atom is 0.110 e. The third-order valence-corrected chi connectivity index (χ3v) is 5.94. The van der Waals surface area contributed by atoms with E-state index in [-0.39, 0.29) is 0 Å². The number of rotatable bonds is 6. The van der Waals surface area contributed by atoms with Crippen LogP contribution in [0.5, 0.6) is 0 Å². The molecule has 0 aromatic rings. The molecule has 3 atom stereocenters. The van der Waals surface area contributed by atoms with Crippen molar-refractivity contribution in [2.45, 2.75) is 84.7 Å². The normalized spacial score (nSPS) is 31.1. The van der Waals surface area contributed by atoms with Crippen molar-refractivity contribution in [2.75, 3.05) is 0 Å². The van der Waals surface area contributed by atoms with E-state index < -0.39 is 5.67 Å². The number of hydrogen-bond acceptors (Lipinski definition) is 0. The average molecular weight is 280 g/mol. The van der Waals surface area contributed by atoms with Gasteiger partial charge >= 0.3 is 0 Å². The molecule has 0 aromatic heterocycles. The molecule has 2 rings (SSSR count). The van der Waals surface area contributed by atoms with E-state index in [1.165, 1.54) is 32.1 Å². The molecule has 2 aliphatic rings. The zero-order valence-electron chi connectivity index (χ0n) is 13.9. The van der Waals surface area contributed by atoms with Gasteiger partial charge in [-0.05, 0) is 75.0 Å². The summed E-state index contributed by atoms with van der Waals surface area (Å²) in [5.41, 5.74) is 0.773. The summed E-state index contributed by atoms with van der Waals surface area (Å²) in [4.78, 5) is 0. The Morgan fingerprint density at radius 3 is 2.60 bits per heavy atom. The smallest absolute Gasteiger partial charge is 0.110 e. The fraction of sp³-hybridized carbons (Fsp3) is 0.895. The Kier molecular flexibility index (Phi) is 5.31. The fourth-order valence-electron chi connectivity index (χ4n) is 4.10. The van der Waals surface area contributed by atoms with Gasteiger partial charge < -0.3 is 0 Å². The largest absolute Gasteiger partial charge is 0.244 e. The zero-order valence-corrected chi connectivity index (χ0v) is 13.9. The minimum Gasteiger partial charge on any atom is -0.244 e. The van der Waals surface area contributed by atoms with Crippen molar-refractivity contribution in [3.8, 4) is 0 Å². The molecule has 2 aliphatic carbocycles. The van der Waals surface area contributed by atoms with E-state index in [1.54, 1.807) is 5.57 Å². The van der Waals surface area contributed by atoms with Crippen LogP contribution in [0.1, 0.15) is 79.1 Å². The van der Waals surface area contributed by atoms with Gasteiger partial charge in [-0.1, -0.05) is 39.3 Å². The summed E-state index contributed by atoms with van der Waals surface area (Å²) in [6, 6.07) is 0. The van der Waals surface area contributed by atoms with Crippen molar-refractivity contribution in [2.24, 2.45) is 23.7 Å². The first-order chi connectivity index (χ1) is 9.49. The number of allylic oxidation sites excluding steroid dienone is 2. The Hall–Kier alpha value is -0.330. The van der Waals surface area contributed by atoms with Crippen LogP contribution in [0, 0.1) is 23.7 Å². The predicted octanol–water partition coefficient (Wildman–Crippen LogP) is 6.31. The molecule has 0 aliphatic heterocycles. The maximum atomic E-state index is 14.5. The number of alkyl halides is 1. The molecule has 0 aromatic carbocycles. The molecule has 1 fully saturated rings. The second-order valence-corrected chi connectivity index (χ2v) is 7.54. The van der Waals surface area contributed by atoms with Crippen molar-refractivity contribution in [3.05, 3.63) is 11.6 Å². The van der Waals surface area contributed by atoms with Gasteiger partial charge in [-0.15, -0.1) is 0 Å². The third kappa shape index (κ3) is 3.86. The third-order valence-electron chi connectivity index (χ3n) is 5.94. The molecule has 0 nitrogen and oxygen atoms in total. The van der Waals surface area contributed by atoms with Crippen LogP contribution in [-0.2, 0) is 0 Å². The molecule has 0 N–H and O–H groups in total. The van der Waals surface area contributed by atoms with Crippen molar-refractivity contribution in [1.82, 2.24) is 0 Å². The standard InChI is InChI=1S/C19H33F/c1-5-19(20,6-2)13-17-12-18(17)16-9-7-8-15(10-11-16)14(3)4/h10,14,16-18H,5-9,11-13H2,1-4H3. The molecule has 0 amide bonds. The molecule has 0 bridgehead atoms. The van der Waals surface area contributed by atoms with Crippen LogP contribution in [0.4, 0.5) is 4.39 Å². The lowest BCUT2D eigenvalue weighted by Gasteiger charge is -2.23. The number of halogens is 1. The van der Waals surface area contributed by atoms with E-state index >= 15 is 0 Å². The van der Waals surface area contributed by atoms with Gasteiger partial charge in [0.15, 0.2) is 0 Å². The van der Waals surface area contributed by atoms with Crippen LogP contribution in [0.25, 0.3) is 0 Å². The fourth-order valence-corrected chi connectivity index (χ4v) is 4.10. The van der Waals surface area contributed by atoms with Gasteiger partial charge in [0.2, 0.25) is 0 Å². The predicted molar refractivity (Wildman–Crippen MR) is 85.5 cm³/mol. The van der Waals surface area contributed by atoms with Crippen molar-refractivity contribution >= 4 is 0 Å². The van der Waals surface area contributed by atoms with E-state index in [4.69, 9.17) is 0 Å². The van der Waals surface area contributed by atoms with Gasteiger partial charge in [0.05, 0.1) is 0 Å². The zero-order chi connectivity index (χ0) is 14.8. The quantitative estimate of drug-likeness (QED) is 0.500. The summed E-state index contributed by atoms with van der Waals surface area (Å²) >= 11 is 0. The van der Waals surface area contributed by atoms with E-state index in [2.05, 4.69) is 19.9 Å². The molecule has 0 radical (unpaired) electrons. The summed E-state index contributed by atoms with van der Waals surface area (Å²) in [5.74, 6) is 3.06. The molecular formula is C19H33F.